The van der Waals surface area contributed by atoms with Crippen molar-refractivity contribution >= 4 is 17.4 Å². The van der Waals surface area contributed by atoms with E-state index < -0.39 is 17.7 Å². The van der Waals surface area contributed by atoms with Crippen LogP contribution in [0.25, 0.3) is 0 Å². The van der Waals surface area contributed by atoms with Crippen molar-refractivity contribution in [3.63, 3.8) is 0 Å². The maximum absolute atomic E-state index is 13.2. The topological polar surface area (TPSA) is 37.3 Å². The molecule has 2 nitrogen and oxygen atoms in total. The zero-order chi connectivity index (χ0) is 11.4. The fraction of sp³-hybridized carbons (Fsp3) is 0.364. The highest BCUT2D eigenvalue weighted by Crippen LogP contribution is 2.16. The molecule has 15 heavy (non-hydrogen) atoms. The van der Waals surface area contributed by atoms with Crippen LogP contribution in [0.4, 0.5) is 4.39 Å². The highest BCUT2D eigenvalue weighted by molar-refractivity contribution is 6.30. The van der Waals surface area contributed by atoms with E-state index in [1.807, 2.05) is 0 Å². The number of benzene rings is 1. The molecule has 1 atom stereocenters. The van der Waals surface area contributed by atoms with Gasteiger partial charge in [0.2, 0.25) is 0 Å². The number of carbonyl (C=O) groups excluding carboxylic acids is 1. The molecule has 1 N–H and O–H groups in total. The van der Waals surface area contributed by atoms with Gasteiger partial charge < -0.3 is 5.11 Å². The first kappa shape index (κ1) is 12.1. The zero-order valence-corrected chi connectivity index (χ0v) is 9.09. The molecule has 0 heterocycles. The number of ketones is 1. The van der Waals surface area contributed by atoms with Gasteiger partial charge in [0.25, 0.3) is 0 Å². The number of hydrogen-bond donors (Lipinski definition) is 1. The molecule has 1 aromatic rings. The molecule has 0 saturated carbocycles. The van der Waals surface area contributed by atoms with Crippen molar-refractivity contribution in [1.29, 1.82) is 0 Å². The number of aliphatic hydroxyl groups excluding tert-OH is 1. The lowest BCUT2D eigenvalue weighted by Crippen LogP contribution is -2.21. The van der Waals surface area contributed by atoms with Gasteiger partial charge in [-0.1, -0.05) is 18.5 Å². The van der Waals surface area contributed by atoms with Gasteiger partial charge >= 0.3 is 0 Å². The van der Waals surface area contributed by atoms with Gasteiger partial charge in [-0.15, -0.1) is 0 Å². The van der Waals surface area contributed by atoms with E-state index in [4.69, 9.17) is 11.6 Å². The lowest BCUT2D eigenvalue weighted by molar-refractivity contribution is -0.126. The molecule has 4 heteroatoms. The molecule has 0 radical (unpaired) electrons. The summed E-state index contributed by atoms with van der Waals surface area (Å²) in [7, 11) is 0. The van der Waals surface area contributed by atoms with E-state index in [1.54, 1.807) is 6.92 Å². The van der Waals surface area contributed by atoms with Crippen molar-refractivity contribution in [3.05, 3.63) is 34.6 Å². The number of hydrogen-bond acceptors (Lipinski definition) is 2. The largest absolute Gasteiger partial charge is 0.385 e. The van der Waals surface area contributed by atoms with Crippen LogP contribution in [0, 0.1) is 5.82 Å². The smallest absolute Gasteiger partial charge is 0.165 e. The third kappa shape index (κ3) is 3.29. The number of aliphatic hydroxyl groups is 1. The Hall–Kier alpha value is -0.930. The van der Waals surface area contributed by atoms with Crippen molar-refractivity contribution in [2.45, 2.75) is 25.9 Å². The predicted octanol–water partition coefficient (Wildman–Crippen LogP) is 2.36. The molecule has 0 aliphatic heterocycles. The van der Waals surface area contributed by atoms with Crippen molar-refractivity contribution in [3.8, 4) is 0 Å². The highest BCUT2D eigenvalue weighted by Gasteiger charge is 2.15. The van der Waals surface area contributed by atoms with Crippen LogP contribution in [-0.2, 0) is 11.2 Å². The summed E-state index contributed by atoms with van der Waals surface area (Å²) in [5.41, 5.74) is 0.222. The third-order valence-corrected chi connectivity index (χ3v) is 2.37. The SMILES string of the molecule is CCC(O)C(=O)Cc1cc(Cl)ccc1F. The first-order valence-corrected chi connectivity index (χ1v) is 5.07. The summed E-state index contributed by atoms with van der Waals surface area (Å²) in [5.74, 6) is -0.866. The van der Waals surface area contributed by atoms with Crippen molar-refractivity contribution < 1.29 is 14.3 Å². The summed E-state index contributed by atoms with van der Waals surface area (Å²) in [6.07, 6.45) is -0.814. The second-order valence-electron chi connectivity index (χ2n) is 3.30. The number of halogens is 2. The van der Waals surface area contributed by atoms with E-state index in [1.165, 1.54) is 18.2 Å². The normalized spacial score (nSPS) is 12.5. The molecule has 0 saturated heterocycles. The molecule has 0 fully saturated rings. The van der Waals surface area contributed by atoms with Gasteiger partial charge in [0.05, 0.1) is 0 Å². The average molecular weight is 231 g/mol. The molecule has 0 aliphatic carbocycles. The Morgan fingerprint density at radius 3 is 2.87 bits per heavy atom. The number of carbonyl (C=O) groups is 1. The minimum Gasteiger partial charge on any atom is -0.385 e. The van der Waals surface area contributed by atoms with Crippen LogP contribution in [0.1, 0.15) is 18.9 Å². The molecular weight excluding hydrogens is 219 g/mol. The van der Waals surface area contributed by atoms with Gasteiger partial charge in [-0.2, -0.15) is 0 Å². The molecular formula is C11H12ClFO2. The first-order chi connectivity index (χ1) is 7.04. The summed E-state index contributed by atoms with van der Waals surface area (Å²) in [6.45, 7) is 1.69. The van der Waals surface area contributed by atoms with Crippen molar-refractivity contribution in [1.82, 2.24) is 0 Å². The fourth-order valence-electron chi connectivity index (χ4n) is 1.21. The summed E-state index contributed by atoms with van der Waals surface area (Å²) in [4.78, 5) is 11.3. The third-order valence-electron chi connectivity index (χ3n) is 2.13. The maximum Gasteiger partial charge on any atom is 0.165 e. The maximum atomic E-state index is 13.2. The number of Topliss-reactive ketones (excluding diaryl/α,β-unsaturated/α-hetero) is 1. The molecule has 0 aliphatic rings. The van der Waals surface area contributed by atoms with Gasteiger partial charge in [0.15, 0.2) is 5.78 Å². The van der Waals surface area contributed by atoms with E-state index in [9.17, 15) is 14.3 Å². The minimum absolute atomic E-state index is 0.124. The molecule has 0 amide bonds. The van der Waals surface area contributed by atoms with Gasteiger partial charge in [-0.3, -0.25) is 4.79 Å². The van der Waals surface area contributed by atoms with Crippen LogP contribution < -0.4 is 0 Å². The van der Waals surface area contributed by atoms with Crippen LogP contribution in [0.15, 0.2) is 18.2 Å². The Morgan fingerprint density at radius 2 is 2.27 bits per heavy atom. The summed E-state index contributed by atoms with van der Waals surface area (Å²) in [6, 6.07) is 4.03. The fourth-order valence-corrected chi connectivity index (χ4v) is 1.41. The molecule has 1 rings (SSSR count). The predicted molar refractivity (Wildman–Crippen MR) is 56.4 cm³/mol. The second kappa shape index (κ2) is 5.24. The summed E-state index contributed by atoms with van der Waals surface area (Å²) < 4.78 is 13.2. The van der Waals surface area contributed by atoms with Gasteiger partial charge in [-0.05, 0) is 30.2 Å². The van der Waals surface area contributed by atoms with Gasteiger partial charge in [0.1, 0.15) is 11.9 Å². The van der Waals surface area contributed by atoms with E-state index in [2.05, 4.69) is 0 Å². The lowest BCUT2D eigenvalue weighted by atomic mass is 10.0. The molecule has 0 bridgehead atoms. The monoisotopic (exact) mass is 230 g/mol. The van der Waals surface area contributed by atoms with E-state index in [0.29, 0.717) is 11.4 Å². The Morgan fingerprint density at radius 1 is 1.60 bits per heavy atom. The number of rotatable bonds is 4. The van der Waals surface area contributed by atoms with Crippen LogP contribution in [0.2, 0.25) is 5.02 Å². The highest BCUT2D eigenvalue weighted by atomic mass is 35.5. The van der Waals surface area contributed by atoms with Crippen LogP contribution in [0.3, 0.4) is 0 Å². The van der Waals surface area contributed by atoms with Crippen LogP contribution in [0.5, 0.6) is 0 Å². The molecule has 1 aromatic carbocycles. The quantitative estimate of drug-likeness (QED) is 0.862. The van der Waals surface area contributed by atoms with Crippen molar-refractivity contribution in [2.24, 2.45) is 0 Å². The Bertz CT molecular complexity index is 366. The Kier molecular flexibility index (Phi) is 4.24. The van der Waals surface area contributed by atoms with E-state index in [0.717, 1.165) is 0 Å². The van der Waals surface area contributed by atoms with Crippen LogP contribution in [-0.4, -0.2) is 17.0 Å². The Labute approximate surface area is 92.7 Å². The zero-order valence-electron chi connectivity index (χ0n) is 8.34. The Balaban J connectivity index is 2.80. The minimum atomic E-state index is -1.02. The molecule has 1 unspecified atom stereocenters. The van der Waals surface area contributed by atoms with E-state index in [-0.39, 0.29) is 12.0 Å². The second-order valence-corrected chi connectivity index (χ2v) is 3.74. The molecule has 0 spiro atoms. The average Bonchev–Trinajstić information content (AvgIpc) is 2.22. The van der Waals surface area contributed by atoms with Gasteiger partial charge in [0, 0.05) is 11.4 Å². The standard InChI is InChI=1S/C11H12ClFO2/c1-2-10(14)11(15)6-7-5-8(12)3-4-9(7)13/h3-5,10,14H,2,6H2,1H3. The summed E-state index contributed by atoms with van der Waals surface area (Å²) in [5, 5.41) is 9.62. The molecule has 82 valence electrons. The van der Waals surface area contributed by atoms with Gasteiger partial charge in [-0.25, -0.2) is 4.39 Å². The molecule has 0 aromatic heterocycles. The van der Waals surface area contributed by atoms with E-state index >= 15 is 0 Å². The summed E-state index contributed by atoms with van der Waals surface area (Å²) >= 11 is 5.67. The van der Waals surface area contributed by atoms with Crippen LogP contribution >= 0.6 is 11.6 Å². The first-order valence-electron chi connectivity index (χ1n) is 4.69. The van der Waals surface area contributed by atoms with Crippen molar-refractivity contribution in [2.75, 3.05) is 0 Å². The lowest BCUT2D eigenvalue weighted by Gasteiger charge is -2.07.